The van der Waals surface area contributed by atoms with Crippen LogP contribution in [0.3, 0.4) is 0 Å². The van der Waals surface area contributed by atoms with Gasteiger partial charge in [-0.15, -0.1) is 11.3 Å². The number of benzene rings is 1. The number of ether oxygens (including phenoxy) is 1. The number of halogens is 2. The molecule has 0 amide bonds. The van der Waals surface area contributed by atoms with E-state index in [9.17, 15) is 13.6 Å². The Morgan fingerprint density at radius 2 is 2.00 bits per heavy atom. The molecule has 0 unspecified atom stereocenters. The molecular formula is C12H9F2NO2S. The molecule has 1 aromatic heterocycles. The van der Waals surface area contributed by atoms with Crippen LogP contribution in [-0.4, -0.2) is 17.4 Å². The molecule has 0 saturated heterocycles. The van der Waals surface area contributed by atoms with Gasteiger partial charge in [0.1, 0.15) is 10.8 Å². The van der Waals surface area contributed by atoms with E-state index in [0.717, 1.165) is 5.56 Å². The van der Waals surface area contributed by atoms with E-state index in [1.54, 1.807) is 12.1 Å². The fourth-order valence-electron chi connectivity index (χ4n) is 1.35. The van der Waals surface area contributed by atoms with Gasteiger partial charge in [-0.25, -0.2) is 4.98 Å². The predicted octanol–water partition coefficient (Wildman–Crippen LogP) is 3.61. The highest BCUT2D eigenvalue weighted by atomic mass is 32.1. The van der Waals surface area contributed by atoms with Gasteiger partial charge in [0.2, 0.25) is 0 Å². The van der Waals surface area contributed by atoms with Crippen LogP contribution in [0.4, 0.5) is 8.78 Å². The molecule has 0 saturated carbocycles. The fraction of sp³-hybridized carbons (Fsp3) is 0.167. The third kappa shape index (κ3) is 2.89. The first-order chi connectivity index (χ1) is 8.56. The van der Waals surface area contributed by atoms with Gasteiger partial charge in [0.15, 0.2) is 5.78 Å². The number of alkyl halides is 2. The summed E-state index contributed by atoms with van der Waals surface area (Å²) in [6.45, 7) is -1.36. The summed E-state index contributed by atoms with van der Waals surface area (Å²) < 4.78 is 28.2. The number of hydrogen-bond acceptors (Lipinski definition) is 4. The number of aromatic nitrogens is 1. The summed E-state index contributed by atoms with van der Waals surface area (Å²) in [6.07, 6.45) is 1.51. The van der Waals surface area contributed by atoms with Gasteiger partial charge in [0, 0.05) is 18.7 Å². The van der Waals surface area contributed by atoms with Gasteiger partial charge in [-0.1, -0.05) is 0 Å². The van der Waals surface area contributed by atoms with Crippen LogP contribution < -0.4 is 4.74 Å². The lowest BCUT2D eigenvalue weighted by atomic mass is 10.2. The first-order valence-corrected chi connectivity index (χ1v) is 5.90. The Bertz CT molecular complexity index is 551. The van der Waals surface area contributed by atoms with Crippen molar-refractivity contribution in [2.75, 3.05) is 0 Å². The van der Waals surface area contributed by atoms with Crippen molar-refractivity contribution in [1.82, 2.24) is 4.98 Å². The SMILES string of the molecule is CC(=O)c1cnc(-c2ccc(OC(F)F)cc2)s1. The van der Waals surface area contributed by atoms with Gasteiger partial charge in [-0.2, -0.15) is 8.78 Å². The van der Waals surface area contributed by atoms with Crippen molar-refractivity contribution in [3.63, 3.8) is 0 Å². The lowest BCUT2D eigenvalue weighted by Gasteiger charge is -2.04. The number of ketones is 1. The molecule has 6 heteroatoms. The predicted molar refractivity (Wildman–Crippen MR) is 64.2 cm³/mol. The van der Waals surface area contributed by atoms with Gasteiger partial charge in [-0.3, -0.25) is 4.79 Å². The quantitative estimate of drug-likeness (QED) is 0.796. The number of Topliss-reactive ketones (excluding diaryl/α,β-unsaturated/α-hetero) is 1. The van der Waals surface area contributed by atoms with E-state index >= 15 is 0 Å². The number of rotatable bonds is 4. The van der Waals surface area contributed by atoms with E-state index in [-0.39, 0.29) is 11.5 Å². The van der Waals surface area contributed by atoms with Gasteiger partial charge in [0.25, 0.3) is 0 Å². The molecule has 18 heavy (non-hydrogen) atoms. The normalized spacial score (nSPS) is 10.7. The summed E-state index contributed by atoms with van der Waals surface area (Å²) in [4.78, 5) is 15.8. The summed E-state index contributed by atoms with van der Waals surface area (Å²) in [7, 11) is 0. The van der Waals surface area contributed by atoms with E-state index < -0.39 is 6.61 Å². The number of carbonyl (C=O) groups excluding carboxylic acids is 1. The third-order valence-corrected chi connectivity index (χ3v) is 3.33. The van der Waals surface area contributed by atoms with Crippen LogP contribution >= 0.6 is 11.3 Å². The molecule has 0 aliphatic rings. The second-order valence-corrected chi connectivity index (χ2v) is 4.52. The summed E-state index contributed by atoms with van der Waals surface area (Å²) in [6, 6.07) is 6.13. The summed E-state index contributed by atoms with van der Waals surface area (Å²) in [5, 5.41) is 0.670. The molecule has 0 bridgehead atoms. The number of nitrogens with zero attached hydrogens (tertiary/aromatic N) is 1. The van der Waals surface area contributed by atoms with Crippen LogP contribution in [-0.2, 0) is 0 Å². The van der Waals surface area contributed by atoms with E-state index in [2.05, 4.69) is 9.72 Å². The minimum absolute atomic E-state index is 0.0450. The number of carbonyl (C=O) groups is 1. The van der Waals surface area contributed by atoms with Crippen molar-refractivity contribution in [2.24, 2.45) is 0 Å². The van der Waals surface area contributed by atoms with Crippen LogP contribution in [0.15, 0.2) is 30.5 Å². The van der Waals surface area contributed by atoms with Crippen LogP contribution in [0.5, 0.6) is 5.75 Å². The molecule has 0 radical (unpaired) electrons. The molecule has 0 fully saturated rings. The van der Waals surface area contributed by atoms with Gasteiger partial charge < -0.3 is 4.74 Å². The smallest absolute Gasteiger partial charge is 0.387 e. The molecule has 94 valence electrons. The zero-order chi connectivity index (χ0) is 13.1. The summed E-state index contributed by atoms with van der Waals surface area (Å²) in [5.41, 5.74) is 0.758. The van der Waals surface area contributed by atoms with Crippen molar-refractivity contribution < 1.29 is 18.3 Å². The summed E-state index contributed by atoms with van der Waals surface area (Å²) >= 11 is 1.26. The molecule has 0 aliphatic heterocycles. The maximum atomic E-state index is 12.0. The highest BCUT2D eigenvalue weighted by Gasteiger charge is 2.09. The third-order valence-electron chi connectivity index (χ3n) is 2.18. The average molecular weight is 269 g/mol. The Morgan fingerprint density at radius 1 is 1.33 bits per heavy atom. The van der Waals surface area contributed by atoms with Crippen molar-refractivity contribution in [1.29, 1.82) is 0 Å². The summed E-state index contributed by atoms with van der Waals surface area (Å²) in [5.74, 6) is 0.0495. The van der Waals surface area contributed by atoms with E-state index in [1.165, 1.54) is 36.6 Å². The molecule has 1 heterocycles. The Morgan fingerprint density at radius 3 is 2.50 bits per heavy atom. The number of hydrogen-bond donors (Lipinski definition) is 0. The lowest BCUT2D eigenvalue weighted by Crippen LogP contribution is -2.01. The van der Waals surface area contributed by atoms with Gasteiger partial charge in [-0.05, 0) is 24.3 Å². The van der Waals surface area contributed by atoms with E-state index in [0.29, 0.717) is 9.88 Å². The molecule has 0 spiro atoms. The fourth-order valence-corrected chi connectivity index (χ4v) is 2.17. The molecule has 0 aliphatic carbocycles. The maximum Gasteiger partial charge on any atom is 0.387 e. The Labute approximate surface area is 106 Å². The Balaban J connectivity index is 2.20. The minimum atomic E-state index is -2.83. The topological polar surface area (TPSA) is 39.2 Å². The highest BCUT2D eigenvalue weighted by molar-refractivity contribution is 7.16. The Hall–Kier alpha value is -1.82. The first-order valence-electron chi connectivity index (χ1n) is 5.08. The van der Waals surface area contributed by atoms with Gasteiger partial charge >= 0.3 is 6.61 Å². The minimum Gasteiger partial charge on any atom is -0.435 e. The van der Waals surface area contributed by atoms with Crippen molar-refractivity contribution in [3.8, 4) is 16.3 Å². The molecule has 3 nitrogen and oxygen atoms in total. The average Bonchev–Trinajstić information content (AvgIpc) is 2.78. The van der Waals surface area contributed by atoms with Gasteiger partial charge in [0.05, 0.1) is 4.88 Å². The zero-order valence-electron chi connectivity index (χ0n) is 9.39. The van der Waals surface area contributed by atoms with Crippen LogP contribution in [0.25, 0.3) is 10.6 Å². The molecule has 1 aromatic carbocycles. The second kappa shape index (κ2) is 5.22. The van der Waals surface area contributed by atoms with Crippen LogP contribution in [0.1, 0.15) is 16.6 Å². The molecule has 0 atom stereocenters. The molecule has 2 rings (SSSR count). The van der Waals surface area contributed by atoms with E-state index in [1.807, 2.05) is 0 Å². The zero-order valence-corrected chi connectivity index (χ0v) is 10.2. The van der Waals surface area contributed by atoms with Crippen LogP contribution in [0, 0.1) is 0 Å². The lowest BCUT2D eigenvalue weighted by molar-refractivity contribution is -0.0498. The Kier molecular flexibility index (Phi) is 3.66. The largest absolute Gasteiger partial charge is 0.435 e. The van der Waals surface area contributed by atoms with Crippen molar-refractivity contribution >= 4 is 17.1 Å². The maximum absolute atomic E-state index is 12.0. The molecular weight excluding hydrogens is 260 g/mol. The first kappa shape index (κ1) is 12.6. The van der Waals surface area contributed by atoms with E-state index in [4.69, 9.17) is 0 Å². The second-order valence-electron chi connectivity index (χ2n) is 3.49. The highest BCUT2D eigenvalue weighted by Crippen LogP contribution is 2.27. The molecule has 0 N–H and O–H groups in total. The van der Waals surface area contributed by atoms with Crippen molar-refractivity contribution in [3.05, 3.63) is 35.3 Å². The standard InChI is InChI=1S/C12H9F2NO2S/c1-7(16)10-6-15-11(18-10)8-2-4-9(5-3-8)17-12(13)14/h2-6,12H,1H3. The van der Waals surface area contributed by atoms with Crippen LogP contribution in [0.2, 0.25) is 0 Å². The number of thiazole rings is 1. The molecule has 2 aromatic rings. The van der Waals surface area contributed by atoms with Crippen molar-refractivity contribution in [2.45, 2.75) is 13.5 Å². The monoisotopic (exact) mass is 269 g/mol.